The van der Waals surface area contributed by atoms with Crippen molar-refractivity contribution in [2.45, 2.75) is 12.8 Å². The molecule has 0 bridgehead atoms. The lowest BCUT2D eigenvalue weighted by atomic mass is 10.2. The third-order valence-electron chi connectivity index (χ3n) is 3.37. The van der Waals surface area contributed by atoms with Gasteiger partial charge < -0.3 is 15.2 Å². The van der Waals surface area contributed by atoms with Gasteiger partial charge in [-0.2, -0.15) is 0 Å². The summed E-state index contributed by atoms with van der Waals surface area (Å²) in [5, 5.41) is 11.5. The van der Waals surface area contributed by atoms with E-state index in [1.165, 1.54) is 23.9 Å². The minimum atomic E-state index is -1.12. The van der Waals surface area contributed by atoms with Gasteiger partial charge in [0, 0.05) is 19.3 Å². The first-order valence-corrected chi connectivity index (χ1v) is 7.76. The van der Waals surface area contributed by atoms with Gasteiger partial charge in [0.05, 0.1) is 12.2 Å². The molecule has 6 nitrogen and oxygen atoms in total. The molecule has 1 amide bonds. The van der Waals surface area contributed by atoms with Crippen molar-refractivity contribution in [1.82, 2.24) is 10.3 Å². The first-order valence-electron chi connectivity index (χ1n) is 7.76. The van der Waals surface area contributed by atoms with E-state index >= 15 is 0 Å². The van der Waals surface area contributed by atoms with E-state index in [2.05, 4.69) is 22.4 Å². The van der Waals surface area contributed by atoms with Crippen LogP contribution in [0.5, 0.6) is 0 Å². The molecule has 24 heavy (non-hydrogen) atoms. The summed E-state index contributed by atoms with van der Waals surface area (Å²) in [6, 6.07) is 12.9. The summed E-state index contributed by atoms with van der Waals surface area (Å²) >= 11 is 0. The minimum absolute atomic E-state index is 0.0848. The van der Waals surface area contributed by atoms with Gasteiger partial charge in [0.15, 0.2) is 0 Å². The van der Waals surface area contributed by atoms with Gasteiger partial charge in [-0.05, 0) is 30.5 Å². The van der Waals surface area contributed by atoms with Crippen LogP contribution in [0.15, 0.2) is 48.7 Å². The Balaban J connectivity index is 1.58. The summed E-state index contributed by atoms with van der Waals surface area (Å²) in [6.45, 7) is 1.71. The molecule has 0 aliphatic carbocycles. The monoisotopic (exact) mass is 328 g/mol. The number of carboxylic acid groups (broad SMARTS) is 1. The van der Waals surface area contributed by atoms with Crippen molar-refractivity contribution in [2.24, 2.45) is 0 Å². The molecular formula is C18H20N2O4. The number of aromatic carboxylic acids is 1. The van der Waals surface area contributed by atoms with Crippen molar-refractivity contribution < 1.29 is 19.4 Å². The first-order chi connectivity index (χ1) is 11.7. The molecule has 0 aliphatic rings. The molecule has 0 aliphatic heterocycles. The third kappa shape index (κ3) is 5.81. The van der Waals surface area contributed by atoms with Gasteiger partial charge in [-0.15, -0.1) is 0 Å². The second kappa shape index (κ2) is 9.42. The smallest absolute Gasteiger partial charge is 0.354 e. The highest BCUT2D eigenvalue weighted by Gasteiger charge is 2.08. The summed E-state index contributed by atoms with van der Waals surface area (Å²) in [7, 11) is 0. The molecule has 2 aromatic rings. The van der Waals surface area contributed by atoms with Crippen LogP contribution in [0.4, 0.5) is 0 Å². The van der Waals surface area contributed by atoms with Crippen LogP contribution in [0.25, 0.3) is 0 Å². The predicted octanol–water partition coefficient (Wildman–Crippen LogP) is 2.16. The fourth-order valence-electron chi connectivity index (χ4n) is 2.07. The Kier molecular flexibility index (Phi) is 6.91. The number of aromatic nitrogens is 1. The molecule has 0 unspecified atom stereocenters. The van der Waals surface area contributed by atoms with Crippen LogP contribution in [0, 0.1) is 0 Å². The van der Waals surface area contributed by atoms with Crippen molar-refractivity contribution in [3.05, 3.63) is 65.5 Å². The summed E-state index contributed by atoms with van der Waals surface area (Å²) in [6.07, 6.45) is 2.84. The van der Waals surface area contributed by atoms with Gasteiger partial charge in [0.1, 0.15) is 5.69 Å². The maximum atomic E-state index is 11.9. The number of nitrogens with one attached hydrogen (secondary N) is 1. The molecule has 0 radical (unpaired) electrons. The standard InChI is InChI=1S/C18H20N2O4/c21-17(15-7-8-16(18(22)23)20-13-15)19-10-4-11-24-12-9-14-5-2-1-3-6-14/h1-3,5-8,13H,4,9-12H2,(H,19,21)(H,22,23). The van der Waals surface area contributed by atoms with Crippen molar-refractivity contribution in [1.29, 1.82) is 0 Å². The van der Waals surface area contributed by atoms with E-state index in [-0.39, 0.29) is 11.6 Å². The van der Waals surface area contributed by atoms with E-state index in [1.54, 1.807) is 0 Å². The number of carbonyl (C=O) groups is 2. The Labute approximate surface area is 140 Å². The fourth-order valence-corrected chi connectivity index (χ4v) is 2.07. The number of nitrogens with zero attached hydrogens (tertiary/aromatic N) is 1. The van der Waals surface area contributed by atoms with Gasteiger partial charge in [-0.3, -0.25) is 4.79 Å². The lowest BCUT2D eigenvalue weighted by molar-refractivity contribution is 0.0689. The number of hydrogen-bond acceptors (Lipinski definition) is 4. The molecule has 126 valence electrons. The van der Waals surface area contributed by atoms with Crippen LogP contribution in [0.3, 0.4) is 0 Å². The van der Waals surface area contributed by atoms with Crippen LogP contribution in [0.2, 0.25) is 0 Å². The molecule has 0 fully saturated rings. The average molecular weight is 328 g/mol. The van der Waals surface area contributed by atoms with Gasteiger partial charge >= 0.3 is 5.97 Å². The van der Waals surface area contributed by atoms with Gasteiger partial charge in [0.25, 0.3) is 5.91 Å². The zero-order valence-electron chi connectivity index (χ0n) is 13.3. The molecular weight excluding hydrogens is 308 g/mol. The SMILES string of the molecule is O=C(NCCCOCCc1ccccc1)c1ccc(C(=O)O)nc1. The molecule has 2 N–H and O–H groups in total. The number of amides is 1. The number of hydrogen-bond donors (Lipinski definition) is 2. The van der Waals surface area contributed by atoms with Gasteiger partial charge in [0.2, 0.25) is 0 Å². The zero-order chi connectivity index (χ0) is 17.2. The van der Waals surface area contributed by atoms with Crippen LogP contribution < -0.4 is 5.32 Å². The molecule has 0 saturated carbocycles. The Morgan fingerprint density at radius 2 is 1.88 bits per heavy atom. The second-order valence-corrected chi connectivity index (χ2v) is 5.19. The van der Waals surface area contributed by atoms with E-state index in [1.807, 2.05) is 18.2 Å². The van der Waals surface area contributed by atoms with Gasteiger partial charge in [-0.25, -0.2) is 9.78 Å². The fraction of sp³-hybridized carbons (Fsp3) is 0.278. The number of carboxylic acids is 1. The number of rotatable bonds is 9. The van der Waals surface area contributed by atoms with Crippen LogP contribution >= 0.6 is 0 Å². The van der Waals surface area contributed by atoms with Crippen LogP contribution in [0.1, 0.15) is 32.8 Å². The van der Waals surface area contributed by atoms with Crippen LogP contribution in [-0.4, -0.2) is 41.7 Å². The number of ether oxygens (including phenoxy) is 1. The second-order valence-electron chi connectivity index (χ2n) is 5.19. The molecule has 1 aromatic heterocycles. The topological polar surface area (TPSA) is 88.5 Å². The molecule has 6 heteroatoms. The van der Waals surface area contributed by atoms with E-state index in [4.69, 9.17) is 9.84 Å². The lowest BCUT2D eigenvalue weighted by Gasteiger charge is -2.06. The molecule has 0 saturated heterocycles. The number of pyridine rings is 1. The third-order valence-corrected chi connectivity index (χ3v) is 3.37. The Morgan fingerprint density at radius 3 is 2.54 bits per heavy atom. The molecule has 0 atom stereocenters. The largest absolute Gasteiger partial charge is 0.477 e. The van der Waals surface area contributed by atoms with E-state index in [0.29, 0.717) is 31.7 Å². The van der Waals surface area contributed by atoms with Crippen LogP contribution in [-0.2, 0) is 11.2 Å². The first kappa shape index (κ1) is 17.6. The molecule has 1 aromatic carbocycles. The van der Waals surface area contributed by atoms with E-state index < -0.39 is 5.97 Å². The molecule has 2 rings (SSSR count). The maximum Gasteiger partial charge on any atom is 0.354 e. The van der Waals surface area contributed by atoms with Crippen molar-refractivity contribution >= 4 is 11.9 Å². The minimum Gasteiger partial charge on any atom is -0.477 e. The Bertz CT molecular complexity index is 656. The number of benzene rings is 1. The van der Waals surface area contributed by atoms with Crippen molar-refractivity contribution in [2.75, 3.05) is 19.8 Å². The summed E-state index contributed by atoms with van der Waals surface area (Å²) in [5.74, 6) is -1.39. The Hall–Kier alpha value is -2.73. The molecule has 0 spiro atoms. The summed E-state index contributed by atoms with van der Waals surface area (Å²) in [4.78, 5) is 26.3. The quantitative estimate of drug-likeness (QED) is 0.689. The summed E-state index contributed by atoms with van der Waals surface area (Å²) < 4.78 is 5.54. The number of carbonyl (C=O) groups excluding carboxylic acids is 1. The zero-order valence-corrected chi connectivity index (χ0v) is 13.3. The average Bonchev–Trinajstić information content (AvgIpc) is 2.61. The van der Waals surface area contributed by atoms with Gasteiger partial charge in [-0.1, -0.05) is 30.3 Å². The van der Waals surface area contributed by atoms with E-state index in [0.717, 1.165) is 6.42 Å². The lowest BCUT2D eigenvalue weighted by Crippen LogP contribution is -2.25. The molecule has 1 heterocycles. The predicted molar refractivity (Wildman–Crippen MR) is 89.1 cm³/mol. The van der Waals surface area contributed by atoms with E-state index in [9.17, 15) is 9.59 Å². The Morgan fingerprint density at radius 1 is 1.08 bits per heavy atom. The van der Waals surface area contributed by atoms with Crippen molar-refractivity contribution in [3.8, 4) is 0 Å². The van der Waals surface area contributed by atoms with Crippen molar-refractivity contribution in [3.63, 3.8) is 0 Å². The summed E-state index contributed by atoms with van der Waals surface area (Å²) in [5.41, 5.74) is 1.49. The highest BCUT2D eigenvalue weighted by atomic mass is 16.5. The highest BCUT2D eigenvalue weighted by Crippen LogP contribution is 2.01. The highest BCUT2D eigenvalue weighted by molar-refractivity contribution is 5.94. The normalized spacial score (nSPS) is 10.3. The maximum absolute atomic E-state index is 11.9.